The molecule has 2 heterocycles. The van der Waals surface area contributed by atoms with Gasteiger partial charge in [-0.2, -0.15) is 0 Å². The molecule has 0 aliphatic rings. The van der Waals surface area contributed by atoms with Gasteiger partial charge in [0.2, 0.25) is 5.75 Å². The van der Waals surface area contributed by atoms with Crippen LogP contribution in [0.15, 0.2) is 47.5 Å². The van der Waals surface area contributed by atoms with E-state index in [9.17, 15) is 4.79 Å². The van der Waals surface area contributed by atoms with Gasteiger partial charge in [-0.05, 0) is 12.1 Å². The molecule has 178 valence electrons. The molecule has 0 saturated heterocycles. The molecule has 3 aromatic rings. The van der Waals surface area contributed by atoms with Crippen molar-refractivity contribution in [3.63, 3.8) is 0 Å². The van der Waals surface area contributed by atoms with Crippen molar-refractivity contribution in [3.8, 4) is 17.2 Å². The van der Waals surface area contributed by atoms with Crippen LogP contribution in [0.25, 0.3) is 5.65 Å². The minimum absolute atomic E-state index is 0.178. The zero-order chi connectivity index (χ0) is 23.8. The fraction of sp³-hybridized carbons (Fsp3) is 0.417. The van der Waals surface area contributed by atoms with E-state index in [2.05, 4.69) is 29.0 Å². The van der Waals surface area contributed by atoms with Gasteiger partial charge in [-0.3, -0.25) is 9.20 Å². The third kappa shape index (κ3) is 6.15. The van der Waals surface area contributed by atoms with E-state index >= 15 is 0 Å². The zero-order valence-electron chi connectivity index (χ0n) is 19.8. The number of hydrogen-bond donors (Lipinski definition) is 1. The van der Waals surface area contributed by atoms with Gasteiger partial charge in [0.05, 0.1) is 32.7 Å². The molecule has 0 bridgehead atoms. The van der Waals surface area contributed by atoms with E-state index in [-0.39, 0.29) is 17.9 Å². The Bertz CT molecular complexity index is 1090. The molecule has 2 aromatic heterocycles. The molecule has 9 heteroatoms. The van der Waals surface area contributed by atoms with Gasteiger partial charge in [-0.25, -0.2) is 4.98 Å². The molecule has 0 saturated carbocycles. The minimum Gasteiger partial charge on any atom is -0.497 e. The number of anilines is 2. The van der Waals surface area contributed by atoms with E-state index in [4.69, 9.17) is 18.9 Å². The smallest absolute Gasteiger partial charge is 0.300 e. The molecule has 1 aromatic carbocycles. The summed E-state index contributed by atoms with van der Waals surface area (Å²) in [5.41, 5.74) is 1.96. The lowest BCUT2D eigenvalue weighted by Crippen LogP contribution is -2.33. The lowest BCUT2D eigenvalue weighted by molar-refractivity contribution is 0.145. The summed E-state index contributed by atoms with van der Waals surface area (Å²) >= 11 is 0. The van der Waals surface area contributed by atoms with E-state index in [1.54, 1.807) is 27.5 Å². The number of hydrogen-bond acceptors (Lipinski definition) is 8. The van der Waals surface area contributed by atoms with E-state index < -0.39 is 0 Å². The molecule has 0 aliphatic carbocycles. The number of fused-ring (bicyclic) bond motifs is 1. The highest BCUT2D eigenvalue weighted by Gasteiger charge is 2.15. The maximum absolute atomic E-state index is 13.0. The lowest BCUT2D eigenvalue weighted by Gasteiger charge is -2.27. The molecule has 0 amide bonds. The van der Waals surface area contributed by atoms with Gasteiger partial charge >= 0.3 is 0 Å². The van der Waals surface area contributed by atoms with E-state index in [0.29, 0.717) is 36.3 Å². The van der Waals surface area contributed by atoms with Gasteiger partial charge in [0.25, 0.3) is 5.56 Å². The Kier molecular flexibility index (Phi) is 8.51. The SMILES string of the molecule is COCCOc1cnc2ccc(N(CCNC(C)C)c3cc(OC)cc(OC)c3)cn2c1=O. The minimum atomic E-state index is -0.276. The number of nitrogens with one attached hydrogen (secondary N) is 1. The van der Waals surface area contributed by atoms with Crippen molar-refractivity contribution in [2.75, 3.05) is 52.5 Å². The second kappa shape index (κ2) is 11.5. The first-order valence-electron chi connectivity index (χ1n) is 10.8. The van der Waals surface area contributed by atoms with Crippen molar-refractivity contribution in [2.24, 2.45) is 0 Å². The molecule has 9 nitrogen and oxygen atoms in total. The summed E-state index contributed by atoms with van der Waals surface area (Å²) in [6.45, 7) is 6.26. The normalized spacial score (nSPS) is 11.1. The molecular formula is C24H32N4O5. The van der Waals surface area contributed by atoms with Gasteiger partial charge in [0.15, 0.2) is 0 Å². The highest BCUT2D eigenvalue weighted by Crippen LogP contribution is 2.32. The van der Waals surface area contributed by atoms with Crippen LogP contribution >= 0.6 is 0 Å². The van der Waals surface area contributed by atoms with Crippen LogP contribution < -0.4 is 30.0 Å². The van der Waals surface area contributed by atoms with Crippen molar-refractivity contribution in [2.45, 2.75) is 19.9 Å². The van der Waals surface area contributed by atoms with Crippen molar-refractivity contribution in [3.05, 3.63) is 53.1 Å². The third-order valence-corrected chi connectivity index (χ3v) is 5.05. The predicted molar refractivity (Wildman–Crippen MR) is 129 cm³/mol. The van der Waals surface area contributed by atoms with Gasteiger partial charge < -0.3 is 29.2 Å². The average Bonchev–Trinajstić information content (AvgIpc) is 2.82. The Labute approximate surface area is 193 Å². The number of benzene rings is 1. The number of nitrogens with zero attached hydrogens (tertiary/aromatic N) is 3. The van der Waals surface area contributed by atoms with Crippen LogP contribution in [-0.2, 0) is 4.74 Å². The van der Waals surface area contributed by atoms with Gasteiger partial charge in [0.1, 0.15) is 23.8 Å². The molecule has 0 aliphatic heterocycles. The highest BCUT2D eigenvalue weighted by molar-refractivity contribution is 5.67. The topological polar surface area (TPSA) is 86.6 Å². The van der Waals surface area contributed by atoms with Crippen molar-refractivity contribution < 1.29 is 18.9 Å². The molecule has 0 radical (unpaired) electrons. The average molecular weight is 457 g/mol. The van der Waals surface area contributed by atoms with E-state index in [0.717, 1.165) is 17.9 Å². The predicted octanol–water partition coefficient (Wildman–Crippen LogP) is 2.87. The molecule has 0 fully saturated rings. The molecular weight excluding hydrogens is 424 g/mol. The Hall–Kier alpha value is -3.30. The summed E-state index contributed by atoms with van der Waals surface area (Å²) < 4.78 is 23.0. The summed E-state index contributed by atoms with van der Waals surface area (Å²) in [4.78, 5) is 19.5. The largest absolute Gasteiger partial charge is 0.497 e. The number of pyridine rings is 1. The maximum atomic E-state index is 13.0. The first-order valence-corrected chi connectivity index (χ1v) is 10.8. The second-order valence-electron chi connectivity index (χ2n) is 7.72. The number of rotatable bonds is 12. The molecule has 1 N–H and O–H groups in total. The van der Waals surface area contributed by atoms with Crippen LogP contribution in [0.5, 0.6) is 17.2 Å². The van der Waals surface area contributed by atoms with Gasteiger partial charge in [-0.1, -0.05) is 13.8 Å². The van der Waals surface area contributed by atoms with Crippen LogP contribution in [-0.4, -0.2) is 63.1 Å². The Balaban J connectivity index is 2.04. The molecule has 33 heavy (non-hydrogen) atoms. The summed E-state index contributed by atoms with van der Waals surface area (Å²) in [7, 11) is 4.82. The highest BCUT2D eigenvalue weighted by atomic mass is 16.5. The van der Waals surface area contributed by atoms with Crippen LogP contribution in [0.1, 0.15) is 13.8 Å². The molecule has 0 spiro atoms. The fourth-order valence-corrected chi connectivity index (χ4v) is 3.36. The van der Waals surface area contributed by atoms with Crippen LogP contribution in [0, 0.1) is 0 Å². The van der Waals surface area contributed by atoms with Crippen LogP contribution in [0.4, 0.5) is 11.4 Å². The summed E-state index contributed by atoms with van der Waals surface area (Å²) in [6, 6.07) is 9.81. The van der Waals surface area contributed by atoms with Crippen LogP contribution in [0.3, 0.4) is 0 Å². The third-order valence-electron chi connectivity index (χ3n) is 5.05. The van der Waals surface area contributed by atoms with E-state index in [1.165, 1.54) is 10.6 Å². The van der Waals surface area contributed by atoms with Crippen molar-refractivity contribution in [1.29, 1.82) is 0 Å². The van der Waals surface area contributed by atoms with Crippen molar-refractivity contribution >= 4 is 17.0 Å². The zero-order valence-corrected chi connectivity index (χ0v) is 19.8. The second-order valence-corrected chi connectivity index (χ2v) is 7.72. The maximum Gasteiger partial charge on any atom is 0.300 e. The van der Waals surface area contributed by atoms with Gasteiger partial charge in [0, 0.05) is 56.3 Å². The number of methoxy groups -OCH3 is 3. The summed E-state index contributed by atoms with van der Waals surface area (Å²) in [6.07, 6.45) is 3.22. The Morgan fingerprint density at radius 3 is 2.39 bits per heavy atom. The lowest BCUT2D eigenvalue weighted by atomic mass is 10.2. The van der Waals surface area contributed by atoms with Gasteiger partial charge in [-0.15, -0.1) is 0 Å². The first kappa shape index (κ1) is 24.3. The Morgan fingerprint density at radius 2 is 1.76 bits per heavy atom. The Morgan fingerprint density at radius 1 is 1.03 bits per heavy atom. The van der Waals surface area contributed by atoms with Crippen molar-refractivity contribution in [1.82, 2.24) is 14.7 Å². The molecule has 0 unspecified atom stereocenters. The summed E-state index contributed by atoms with van der Waals surface area (Å²) in [5, 5.41) is 3.44. The number of ether oxygens (including phenoxy) is 4. The molecule has 3 rings (SSSR count). The summed E-state index contributed by atoms with van der Waals surface area (Å²) in [5.74, 6) is 1.54. The van der Waals surface area contributed by atoms with E-state index in [1.807, 2.05) is 30.3 Å². The fourth-order valence-electron chi connectivity index (χ4n) is 3.36. The standard InChI is InChI=1S/C24H32N4O5/c1-17(2)25-8-9-27(19-12-20(31-4)14-21(13-19)32-5)18-6-7-23-26-15-22(33-11-10-30-3)24(29)28(23)16-18/h6-7,12-17,25H,8-11H2,1-5H3. The first-order chi connectivity index (χ1) is 16.0. The number of aromatic nitrogens is 2. The monoisotopic (exact) mass is 456 g/mol. The quantitative estimate of drug-likeness (QED) is 0.417. The molecule has 0 atom stereocenters. The van der Waals surface area contributed by atoms with Crippen LogP contribution in [0.2, 0.25) is 0 Å².